The molecule has 0 aromatic heterocycles. The van der Waals surface area contributed by atoms with Gasteiger partial charge in [0.2, 0.25) is 0 Å². The second kappa shape index (κ2) is 15.5. The average molecular weight is 566 g/mol. The minimum absolute atomic E-state index is 0.181. The van der Waals surface area contributed by atoms with Gasteiger partial charge in [-0.1, -0.05) is 0 Å². The fourth-order valence-electron chi connectivity index (χ4n) is 3.89. The Bertz CT molecular complexity index is 651. The van der Waals surface area contributed by atoms with Gasteiger partial charge in [0.15, 0.2) is 12.6 Å². The molecule has 0 aromatic carbocycles. The van der Waals surface area contributed by atoms with Gasteiger partial charge < -0.3 is 80.4 Å². The lowest BCUT2D eigenvalue weighted by Gasteiger charge is -2.42. The molecule has 16 nitrogen and oxygen atoms in total. The van der Waals surface area contributed by atoms with Crippen molar-refractivity contribution in [2.75, 3.05) is 38.7 Å². The molecule has 37 heavy (non-hydrogen) atoms. The second-order valence-electron chi connectivity index (χ2n) is 8.88. The zero-order valence-corrected chi connectivity index (χ0v) is 20.7. The first-order valence-corrected chi connectivity index (χ1v) is 12.4. The van der Waals surface area contributed by atoms with Crippen LogP contribution in [0.15, 0.2) is 0 Å². The fraction of sp³-hybridized carbons (Fsp3) is 1.00. The molecule has 12 N–H and O–H groups in total. The molecule has 2 heterocycles. The van der Waals surface area contributed by atoms with Gasteiger partial charge in [-0.25, -0.2) is 0 Å². The van der Waals surface area contributed by atoms with Crippen LogP contribution in [-0.4, -0.2) is 181 Å². The molecule has 2 aliphatic heterocycles. The highest BCUT2D eigenvalue weighted by atomic mass is 32.1. The van der Waals surface area contributed by atoms with Crippen LogP contribution in [0.3, 0.4) is 0 Å². The monoisotopic (exact) mass is 565 g/mol. The smallest absolute Gasteiger partial charge is 0.187 e. The maximum absolute atomic E-state index is 10.8. The molecular formula is C20H39NO15S. The summed E-state index contributed by atoms with van der Waals surface area (Å²) in [5, 5.41) is 113. The van der Waals surface area contributed by atoms with Crippen molar-refractivity contribution in [3.05, 3.63) is 0 Å². The summed E-state index contributed by atoms with van der Waals surface area (Å²) >= 11 is 4.02. The molecule has 2 aliphatic rings. The van der Waals surface area contributed by atoms with Crippen molar-refractivity contribution in [3.63, 3.8) is 0 Å². The molecule has 0 aromatic rings. The number of hydrogen-bond acceptors (Lipinski definition) is 17. The summed E-state index contributed by atoms with van der Waals surface area (Å²) in [4.78, 5) is 0. The Morgan fingerprint density at radius 2 is 1.24 bits per heavy atom. The van der Waals surface area contributed by atoms with Gasteiger partial charge in [0.25, 0.3) is 0 Å². The number of hydrogen-bond donors (Lipinski definition) is 13. The van der Waals surface area contributed by atoms with Crippen LogP contribution in [0.25, 0.3) is 0 Å². The lowest BCUT2D eigenvalue weighted by molar-refractivity contribution is -0.329. The predicted molar refractivity (Wildman–Crippen MR) is 123 cm³/mol. The molecule has 0 amide bonds. The Labute approximate surface area is 218 Å². The zero-order valence-electron chi connectivity index (χ0n) is 19.8. The van der Waals surface area contributed by atoms with Crippen molar-refractivity contribution >= 4 is 12.6 Å². The Balaban J connectivity index is 2.10. The molecule has 2 saturated heterocycles. The largest absolute Gasteiger partial charge is 0.394 e. The standard InChI is InChI=1S/C20H39NO15S/c22-4-9-12(27)14(29)16(31)19(34-9)33-6-8(25)11(26)18(7(24)3-21-1-2-37)36-20-17(32)15(30)13(28)10(5-23)35-20/h7-32,37H,1-6H2/t7-,8-,9-,10-,11-,12-,13-,14+,15+,16+,17+,18-,19+,20-/m1/s1. The molecule has 17 heteroatoms. The highest BCUT2D eigenvalue weighted by Gasteiger charge is 2.48. The molecule has 0 saturated carbocycles. The van der Waals surface area contributed by atoms with E-state index in [1.165, 1.54) is 0 Å². The molecule has 0 unspecified atom stereocenters. The van der Waals surface area contributed by atoms with Crippen LogP contribution < -0.4 is 5.32 Å². The molecule has 0 aliphatic carbocycles. The highest BCUT2D eigenvalue weighted by molar-refractivity contribution is 7.80. The van der Waals surface area contributed by atoms with Crippen molar-refractivity contribution in [1.82, 2.24) is 5.32 Å². The number of aliphatic hydroxyl groups is 11. The number of thiol groups is 1. The molecule has 0 bridgehead atoms. The van der Waals surface area contributed by atoms with E-state index in [2.05, 4.69) is 17.9 Å². The van der Waals surface area contributed by atoms with Gasteiger partial charge in [0.05, 0.1) is 25.9 Å². The minimum Gasteiger partial charge on any atom is -0.394 e. The molecule has 2 rings (SSSR count). The van der Waals surface area contributed by atoms with Gasteiger partial charge >= 0.3 is 0 Å². The van der Waals surface area contributed by atoms with Gasteiger partial charge in [-0.05, 0) is 0 Å². The van der Waals surface area contributed by atoms with Crippen LogP contribution >= 0.6 is 12.6 Å². The normalized spacial score (nSPS) is 40.2. The van der Waals surface area contributed by atoms with E-state index in [0.29, 0.717) is 12.3 Å². The summed E-state index contributed by atoms with van der Waals surface area (Å²) < 4.78 is 21.1. The third-order valence-corrected chi connectivity index (χ3v) is 6.40. The summed E-state index contributed by atoms with van der Waals surface area (Å²) in [6.07, 6.45) is -23.4. The average Bonchev–Trinajstić information content (AvgIpc) is 2.89. The topological polar surface area (TPSA) is 271 Å². The van der Waals surface area contributed by atoms with E-state index in [0.717, 1.165) is 0 Å². The van der Waals surface area contributed by atoms with Crippen molar-refractivity contribution in [1.29, 1.82) is 0 Å². The third kappa shape index (κ3) is 8.35. The van der Waals surface area contributed by atoms with Gasteiger partial charge in [-0.3, -0.25) is 0 Å². The lowest BCUT2D eigenvalue weighted by atomic mass is 9.98. The van der Waals surface area contributed by atoms with Gasteiger partial charge in [0, 0.05) is 18.8 Å². The summed E-state index contributed by atoms with van der Waals surface area (Å²) in [5.41, 5.74) is 0. The van der Waals surface area contributed by atoms with Gasteiger partial charge in [-0.2, -0.15) is 12.6 Å². The Kier molecular flexibility index (Phi) is 13.8. The number of ether oxygens (including phenoxy) is 4. The summed E-state index contributed by atoms with van der Waals surface area (Å²) in [7, 11) is 0. The van der Waals surface area contributed by atoms with Gasteiger partial charge in [-0.15, -0.1) is 0 Å². The van der Waals surface area contributed by atoms with E-state index >= 15 is 0 Å². The first-order chi connectivity index (χ1) is 17.5. The SMILES string of the molecule is OC[C@H]1O[C@H](OC[C@@H](O)[C@@H](O)[C@H](O[C@H]2O[C@H](CO)[C@@H](O)[C@H](O)[C@@H]2O)[C@H](O)CNCCS)[C@@H](O)[C@@H](O)[C@@H]1O. The zero-order chi connectivity index (χ0) is 27.9. The van der Waals surface area contributed by atoms with E-state index in [1.807, 2.05) is 0 Å². The van der Waals surface area contributed by atoms with E-state index in [4.69, 9.17) is 18.9 Å². The number of aliphatic hydroxyl groups excluding tert-OH is 11. The van der Waals surface area contributed by atoms with Crippen molar-refractivity contribution in [2.24, 2.45) is 0 Å². The van der Waals surface area contributed by atoms with Crippen LogP contribution in [0, 0.1) is 0 Å². The van der Waals surface area contributed by atoms with Crippen LogP contribution in [0.1, 0.15) is 0 Å². The van der Waals surface area contributed by atoms with Crippen molar-refractivity contribution in [3.8, 4) is 0 Å². The van der Waals surface area contributed by atoms with E-state index in [9.17, 15) is 56.2 Å². The van der Waals surface area contributed by atoms with E-state index in [1.54, 1.807) is 0 Å². The maximum Gasteiger partial charge on any atom is 0.187 e. The Hall–Kier alpha value is -0.290. The van der Waals surface area contributed by atoms with Crippen molar-refractivity contribution < 1.29 is 75.1 Å². The first kappa shape index (κ1) is 32.9. The molecule has 14 atom stereocenters. The molecular weight excluding hydrogens is 526 g/mol. The third-order valence-electron chi connectivity index (χ3n) is 6.17. The molecule has 220 valence electrons. The fourth-order valence-corrected chi connectivity index (χ4v) is 4.05. The Morgan fingerprint density at radius 3 is 1.76 bits per heavy atom. The maximum atomic E-state index is 10.8. The lowest BCUT2D eigenvalue weighted by Crippen LogP contribution is -2.62. The highest BCUT2D eigenvalue weighted by Crippen LogP contribution is 2.26. The summed E-state index contributed by atoms with van der Waals surface area (Å²) in [6.45, 7) is -2.04. The summed E-state index contributed by atoms with van der Waals surface area (Å²) in [5.74, 6) is 0.406. The molecule has 0 spiro atoms. The predicted octanol–water partition coefficient (Wildman–Crippen LogP) is -7.41. The van der Waals surface area contributed by atoms with Gasteiger partial charge in [0.1, 0.15) is 67.1 Å². The molecule has 0 radical (unpaired) electrons. The van der Waals surface area contributed by atoms with Crippen LogP contribution in [0.2, 0.25) is 0 Å². The number of nitrogens with one attached hydrogen (secondary N) is 1. The first-order valence-electron chi connectivity index (χ1n) is 11.7. The van der Waals surface area contributed by atoms with Crippen LogP contribution in [0.5, 0.6) is 0 Å². The van der Waals surface area contributed by atoms with E-state index in [-0.39, 0.29) is 6.54 Å². The second-order valence-corrected chi connectivity index (χ2v) is 9.33. The van der Waals surface area contributed by atoms with E-state index < -0.39 is 106 Å². The van der Waals surface area contributed by atoms with Crippen LogP contribution in [-0.2, 0) is 18.9 Å². The van der Waals surface area contributed by atoms with Crippen LogP contribution in [0.4, 0.5) is 0 Å². The minimum atomic E-state index is -1.94. The number of rotatable bonds is 14. The molecule has 2 fully saturated rings. The quantitative estimate of drug-likeness (QED) is 0.0688. The Morgan fingerprint density at radius 1 is 0.730 bits per heavy atom. The summed E-state index contributed by atoms with van der Waals surface area (Å²) in [6, 6.07) is 0. The van der Waals surface area contributed by atoms with Crippen molar-refractivity contribution in [2.45, 2.75) is 85.8 Å².